The Balaban J connectivity index is 1.65. The van der Waals surface area contributed by atoms with E-state index in [1.807, 2.05) is 78.9 Å². The lowest BCUT2D eigenvalue weighted by atomic mass is 9.80. The minimum absolute atomic E-state index is 0.0102. The summed E-state index contributed by atoms with van der Waals surface area (Å²) >= 11 is 0. The highest BCUT2D eigenvalue weighted by Crippen LogP contribution is 2.51. The fourth-order valence-electron chi connectivity index (χ4n) is 6.98. The number of amides is 1. The Morgan fingerprint density at radius 2 is 1.49 bits per heavy atom. The molecule has 3 aromatic carbocycles. The maximum Gasteiger partial charge on any atom is 0.351 e. The average Bonchev–Trinajstić information content (AvgIpc) is 3.54. The zero-order valence-corrected chi connectivity index (χ0v) is 34.6. The predicted octanol–water partition coefficient (Wildman–Crippen LogP) is 6.80. The zero-order valence-electron chi connectivity index (χ0n) is 33.7. The van der Waals surface area contributed by atoms with Crippen LogP contribution in [-0.2, 0) is 33.7 Å². The van der Waals surface area contributed by atoms with Crippen LogP contribution in [0.25, 0.3) is 0 Å². The summed E-state index contributed by atoms with van der Waals surface area (Å²) in [4.78, 5) is 29.4. The molecular formula is C42H52N5O9P. The second-order valence-electron chi connectivity index (χ2n) is 13.9. The number of methoxy groups -OCH3 is 3. The van der Waals surface area contributed by atoms with Crippen molar-refractivity contribution in [3.8, 4) is 17.6 Å². The first kappa shape index (κ1) is 43.4. The monoisotopic (exact) mass is 801 g/mol. The molecule has 1 aliphatic rings. The molecule has 5 rings (SSSR count). The zero-order chi connectivity index (χ0) is 41.1. The molecule has 1 aromatic heterocycles. The van der Waals surface area contributed by atoms with Crippen LogP contribution < -0.4 is 20.5 Å². The molecule has 0 radical (unpaired) electrons. The van der Waals surface area contributed by atoms with Gasteiger partial charge in [-0.1, -0.05) is 54.6 Å². The Labute approximate surface area is 335 Å². The summed E-state index contributed by atoms with van der Waals surface area (Å²) in [5.41, 5.74) is 0.622. The number of carbonyl (C=O) groups is 1. The Morgan fingerprint density at radius 3 is 1.98 bits per heavy atom. The highest BCUT2D eigenvalue weighted by atomic mass is 31.2. The van der Waals surface area contributed by atoms with Gasteiger partial charge in [0.1, 0.15) is 41.2 Å². The van der Waals surface area contributed by atoms with Crippen LogP contribution in [0.15, 0.2) is 95.9 Å². The summed E-state index contributed by atoms with van der Waals surface area (Å²) in [7, 11) is 2.97. The van der Waals surface area contributed by atoms with Crippen LogP contribution in [0.4, 0.5) is 5.82 Å². The summed E-state index contributed by atoms with van der Waals surface area (Å²) in [6.45, 7) is 9.63. The number of nitrogens with zero attached hydrogens (tertiary/aromatic N) is 4. The van der Waals surface area contributed by atoms with E-state index in [0.29, 0.717) is 11.5 Å². The van der Waals surface area contributed by atoms with E-state index in [9.17, 15) is 14.9 Å². The van der Waals surface area contributed by atoms with E-state index < -0.39 is 44.4 Å². The second-order valence-corrected chi connectivity index (χ2v) is 15.3. The quantitative estimate of drug-likeness (QED) is 0.0602. The molecule has 1 fully saturated rings. The molecular weight excluding hydrogens is 749 g/mol. The van der Waals surface area contributed by atoms with Crippen LogP contribution >= 0.6 is 8.53 Å². The van der Waals surface area contributed by atoms with Crippen LogP contribution in [0.2, 0.25) is 0 Å². The van der Waals surface area contributed by atoms with Gasteiger partial charge in [0, 0.05) is 32.3 Å². The Kier molecular flexibility index (Phi) is 15.3. The van der Waals surface area contributed by atoms with Crippen molar-refractivity contribution in [2.45, 2.75) is 83.3 Å². The van der Waals surface area contributed by atoms with E-state index in [1.165, 1.54) is 30.9 Å². The van der Waals surface area contributed by atoms with Gasteiger partial charge in [-0.15, -0.1) is 0 Å². The molecule has 1 saturated heterocycles. The van der Waals surface area contributed by atoms with Crippen molar-refractivity contribution >= 4 is 20.3 Å². The van der Waals surface area contributed by atoms with Gasteiger partial charge in [-0.25, -0.2) is 9.46 Å². The van der Waals surface area contributed by atoms with Crippen molar-refractivity contribution in [3.63, 3.8) is 0 Å². The van der Waals surface area contributed by atoms with Gasteiger partial charge in [0.15, 0.2) is 6.23 Å². The summed E-state index contributed by atoms with van der Waals surface area (Å²) < 4.78 is 48.0. The lowest BCUT2D eigenvalue weighted by molar-refractivity contribution is -0.114. The van der Waals surface area contributed by atoms with Crippen LogP contribution in [0, 0.1) is 11.3 Å². The molecule has 2 heterocycles. The number of ether oxygens (including phenoxy) is 5. The fourth-order valence-corrected chi connectivity index (χ4v) is 8.75. The van der Waals surface area contributed by atoms with E-state index in [1.54, 1.807) is 14.2 Å². The summed E-state index contributed by atoms with van der Waals surface area (Å²) in [5, 5.41) is 11.9. The standard InChI is InChI=1S/C42H52N5O9P/c1-28(2)47(29(3)4)57(54-26-12-24-43)56-38-36(55-40(39(38)52-8)46-25-23-37(44-30(5)48)45-41(46)49)27-53-42(31-13-10-9-11-14-31,32-15-19-34(50-6)20-16-32)33-17-21-35(51-7)22-18-33/h9-11,13-23,25,28-29,36,38-40H,12,26-27H2,1-8H3,(H,44,45,48,49)/t36-,38-,39-,40-,57?/m1/s1. The number of nitrogens with one attached hydrogen (secondary N) is 1. The van der Waals surface area contributed by atoms with E-state index in [2.05, 4.69) is 48.7 Å². The molecule has 4 aromatic rings. The van der Waals surface area contributed by atoms with E-state index in [0.717, 1.165) is 16.7 Å². The van der Waals surface area contributed by atoms with Crippen LogP contribution in [-0.4, -0.2) is 85.1 Å². The lowest BCUT2D eigenvalue weighted by Gasteiger charge is -2.39. The van der Waals surface area contributed by atoms with Gasteiger partial charge in [0.05, 0.1) is 39.9 Å². The first-order valence-electron chi connectivity index (χ1n) is 18.8. The van der Waals surface area contributed by atoms with Crippen LogP contribution in [0.5, 0.6) is 11.5 Å². The third-order valence-electron chi connectivity index (χ3n) is 9.48. The first-order chi connectivity index (χ1) is 27.5. The number of anilines is 1. The van der Waals surface area contributed by atoms with Gasteiger partial charge in [-0.2, -0.15) is 10.2 Å². The molecule has 1 aliphatic heterocycles. The minimum atomic E-state index is -1.79. The highest BCUT2D eigenvalue weighted by Gasteiger charge is 2.51. The molecule has 57 heavy (non-hydrogen) atoms. The number of hydrogen-bond acceptors (Lipinski definition) is 12. The summed E-state index contributed by atoms with van der Waals surface area (Å²) in [6, 6.07) is 29.0. The lowest BCUT2D eigenvalue weighted by Crippen LogP contribution is -2.43. The summed E-state index contributed by atoms with van der Waals surface area (Å²) in [6.07, 6.45) is -1.90. The number of carbonyl (C=O) groups excluding carboxylic acids is 1. The number of nitriles is 1. The van der Waals surface area contributed by atoms with E-state index in [4.69, 9.17) is 32.7 Å². The molecule has 1 N–H and O–H groups in total. The van der Waals surface area contributed by atoms with Gasteiger partial charge in [-0.3, -0.25) is 9.36 Å². The maximum absolute atomic E-state index is 13.6. The van der Waals surface area contributed by atoms with E-state index in [-0.39, 0.29) is 43.4 Å². The molecule has 14 nitrogen and oxygen atoms in total. The first-order valence-corrected chi connectivity index (χ1v) is 19.9. The minimum Gasteiger partial charge on any atom is -0.497 e. The fraction of sp³-hybridized carbons (Fsp3) is 0.429. The molecule has 15 heteroatoms. The summed E-state index contributed by atoms with van der Waals surface area (Å²) in [5.74, 6) is 1.11. The molecule has 0 spiro atoms. The number of benzene rings is 3. The topological polar surface area (TPSA) is 156 Å². The SMILES string of the molecule is COc1ccc(C(OC[C@H]2O[C@@H](n3ccc(NC(C)=O)nc3=O)[C@H](OC)[C@@H]2OP(OCCC#N)N(C(C)C)C(C)C)(c2ccccc2)c2ccc(OC)cc2)cc1. The highest BCUT2D eigenvalue weighted by molar-refractivity contribution is 7.44. The van der Waals surface area contributed by atoms with Gasteiger partial charge in [-0.05, 0) is 74.7 Å². The average molecular weight is 802 g/mol. The molecule has 1 amide bonds. The maximum atomic E-state index is 13.6. The third kappa shape index (κ3) is 10.1. The molecule has 1 unspecified atom stereocenters. The van der Waals surface area contributed by atoms with Crippen molar-refractivity contribution in [3.05, 3.63) is 118 Å². The molecule has 0 aliphatic carbocycles. The Bertz CT molecular complexity index is 1930. The van der Waals surface area contributed by atoms with Gasteiger partial charge in [0.25, 0.3) is 8.53 Å². The normalized spacial score (nSPS) is 18.8. The predicted molar refractivity (Wildman–Crippen MR) is 216 cm³/mol. The van der Waals surface area contributed by atoms with E-state index >= 15 is 0 Å². The van der Waals surface area contributed by atoms with Crippen molar-refractivity contribution in [1.29, 1.82) is 5.26 Å². The smallest absolute Gasteiger partial charge is 0.351 e. The van der Waals surface area contributed by atoms with Crippen molar-refractivity contribution in [2.75, 3.05) is 39.9 Å². The molecule has 5 atom stereocenters. The second kappa shape index (κ2) is 20.1. The van der Waals surface area contributed by atoms with Crippen molar-refractivity contribution in [1.82, 2.24) is 14.2 Å². The number of aromatic nitrogens is 2. The van der Waals surface area contributed by atoms with Gasteiger partial charge < -0.3 is 38.0 Å². The van der Waals surface area contributed by atoms with Crippen molar-refractivity contribution < 1.29 is 37.5 Å². The van der Waals surface area contributed by atoms with Crippen LogP contribution in [0.1, 0.15) is 64.0 Å². The van der Waals surface area contributed by atoms with Gasteiger partial charge >= 0.3 is 5.69 Å². The van der Waals surface area contributed by atoms with Crippen molar-refractivity contribution in [2.24, 2.45) is 0 Å². The molecule has 0 saturated carbocycles. The Hall–Kier alpha value is -4.71. The van der Waals surface area contributed by atoms with Gasteiger partial charge in [0.2, 0.25) is 5.91 Å². The van der Waals surface area contributed by atoms with Crippen LogP contribution in [0.3, 0.4) is 0 Å². The number of hydrogen-bond donors (Lipinski definition) is 1. The Morgan fingerprint density at radius 1 is 0.912 bits per heavy atom. The third-order valence-corrected chi connectivity index (χ3v) is 11.6. The molecule has 304 valence electrons. The molecule has 0 bridgehead atoms. The largest absolute Gasteiger partial charge is 0.497 e. The number of rotatable bonds is 19.